The molecule has 0 spiro atoms. The first-order valence-electron chi connectivity index (χ1n) is 10.4. The fourth-order valence-corrected chi connectivity index (χ4v) is 3.88. The summed E-state index contributed by atoms with van der Waals surface area (Å²) in [6, 6.07) is 22.0. The number of carbonyl (C=O) groups excluding carboxylic acids is 1. The zero-order valence-electron chi connectivity index (χ0n) is 17.2. The van der Waals surface area contributed by atoms with E-state index < -0.39 is 0 Å². The number of hydrogen-bond donors (Lipinski definition) is 0. The van der Waals surface area contributed by atoms with Crippen LogP contribution in [0, 0.1) is 17.7 Å². The molecule has 0 atom stereocenters. The van der Waals surface area contributed by atoms with Crippen LogP contribution in [0.2, 0.25) is 0 Å². The Labute approximate surface area is 180 Å². The molecule has 0 saturated heterocycles. The van der Waals surface area contributed by atoms with Crippen LogP contribution in [0.1, 0.15) is 52.9 Å². The van der Waals surface area contributed by atoms with E-state index in [9.17, 15) is 9.18 Å². The van der Waals surface area contributed by atoms with Crippen molar-refractivity contribution in [1.82, 2.24) is 4.98 Å². The van der Waals surface area contributed by atoms with Gasteiger partial charge in [-0.25, -0.2) is 4.39 Å². The molecule has 1 heterocycles. The quantitative estimate of drug-likeness (QED) is 0.287. The van der Waals surface area contributed by atoms with Crippen LogP contribution in [0.15, 0.2) is 72.8 Å². The van der Waals surface area contributed by atoms with Gasteiger partial charge in [-0.2, -0.15) is 0 Å². The van der Waals surface area contributed by atoms with Gasteiger partial charge in [-0.15, -0.1) is 0 Å². The summed E-state index contributed by atoms with van der Waals surface area (Å²) in [5.74, 6) is 6.77. The number of para-hydroxylation sites is 1. The molecule has 0 amide bonds. The lowest BCUT2D eigenvalue weighted by Crippen LogP contribution is -1.99. The molecule has 3 aromatic carbocycles. The Hall–Kier alpha value is -3.77. The summed E-state index contributed by atoms with van der Waals surface area (Å²) in [5.41, 5.74) is 6.16. The van der Waals surface area contributed by atoms with Crippen molar-refractivity contribution in [2.45, 2.75) is 25.7 Å². The molecular weight excluding hydrogens is 385 g/mol. The van der Waals surface area contributed by atoms with Crippen LogP contribution in [0.25, 0.3) is 22.0 Å². The minimum absolute atomic E-state index is 0.0155. The molecular formula is C28H20FNO. The van der Waals surface area contributed by atoms with Gasteiger partial charge in [-0.05, 0) is 55.7 Å². The SMILES string of the molecule is CC(=O)c1cccc(C#Cc2c(C3CC3)nc3ccccc3c2-c2ccc(F)cc2)c1. The maximum Gasteiger partial charge on any atom is 0.159 e. The summed E-state index contributed by atoms with van der Waals surface area (Å²) < 4.78 is 13.6. The summed E-state index contributed by atoms with van der Waals surface area (Å²) in [6.45, 7) is 1.55. The van der Waals surface area contributed by atoms with E-state index >= 15 is 0 Å². The second kappa shape index (κ2) is 7.81. The van der Waals surface area contributed by atoms with Gasteiger partial charge in [0.25, 0.3) is 0 Å². The van der Waals surface area contributed by atoms with E-state index in [1.54, 1.807) is 25.1 Å². The van der Waals surface area contributed by atoms with Gasteiger partial charge in [-0.1, -0.05) is 54.3 Å². The van der Waals surface area contributed by atoms with E-state index in [0.29, 0.717) is 11.5 Å². The molecule has 0 bridgehead atoms. The number of benzene rings is 3. The molecule has 1 saturated carbocycles. The maximum atomic E-state index is 13.6. The molecule has 1 aromatic heterocycles. The number of carbonyl (C=O) groups is 1. The Kier molecular flexibility index (Phi) is 4.84. The lowest BCUT2D eigenvalue weighted by Gasteiger charge is -2.14. The lowest BCUT2D eigenvalue weighted by atomic mass is 9.92. The predicted molar refractivity (Wildman–Crippen MR) is 122 cm³/mol. The number of pyridine rings is 1. The monoisotopic (exact) mass is 405 g/mol. The number of aromatic nitrogens is 1. The fraction of sp³-hybridized carbons (Fsp3) is 0.143. The minimum Gasteiger partial charge on any atom is -0.295 e. The molecule has 1 aliphatic rings. The third kappa shape index (κ3) is 3.85. The Morgan fingerprint density at radius 1 is 0.968 bits per heavy atom. The van der Waals surface area contributed by atoms with Crippen molar-refractivity contribution < 1.29 is 9.18 Å². The second-order valence-electron chi connectivity index (χ2n) is 7.93. The van der Waals surface area contributed by atoms with E-state index in [1.807, 2.05) is 42.5 Å². The van der Waals surface area contributed by atoms with E-state index in [-0.39, 0.29) is 11.6 Å². The Morgan fingerprint density at radius 2 is 1.74 bits per heavy atom. The van der Waals surface area contributed by atoms with Crippen molar-refractivity contribution >= 4 is 16.7 Å². The molecule has 3 heteroatoms. The van der Waals surface area contributed by atoms with E-state index in [1.165, 1.54) is 12.1 Å². The van der Waals surface area contributed by atoms with Crippen LogP contribution >= 0.6 is 0 Å². The van der Waals surface area contributed by atoms with Gasteiger partial charge in [0.05, 0.1) is 16.8 Å². The molecule has 5 rings (SSSR count). The smallest absolute Gasteiger partial charge is 0.159 e. The average Bonchev–Trinajstić information content (AvgIpc) is 3.63. The number of ketones is 1. The van der Waals surface area contributed by atoms with Gasteiger partial charge >= 0.3 is 0 Å². The number of hydrogen-bond acceptors (Lipinski definition) is 2. The van der Waals surface area contributed by atoms with Crippen molar-refractivity contribution in [3.8, 4) is 23.0 Å². The van der Waals surface area contributed by atoms with Crippen LogP contribution in [0.5, 0.6) is 0 Å². The molecule has 0 aliphatic heterocycles. The summed E-state index contributed by atoms with van der Waals surface area (Å²) in [7, 11) is 0. The molecule has 150 valence electrons. The highest BCUT2D eigenvalue weighted by Crippen LogP contribution is 2.44. The van der Waals surface area contributed by atoms with E-state index in [0.717, 1.165) is 51.7 Å². The normalized spacial score (nSPS) is 13.0. The van der Waals surface area contributed by atoms with Crippen LogP contribution < -0.4 is 0 Å². The fourth-order valence-electron chi connectivity index (χ4n) is 3.88. The van der Waals surface area contributed by atoms with Crippen LogP contribution in [0.4, 0.5) is 4.39 Å². The summed E-state index contributed by atoms with van der Waals surface area (Å²) in [4.78, 5) is 16.7. The number of halogens is 1. The highest BCUT2D eigenvalue weighted by molar-refractivity contribution is 5.98. The molecule has 1 aliphatic carbocycles. The number of Topliss-reactive ketones (excluding diaryl/α,β-unsaturated/α-hetero) is 1. The maximum absolute atomic E-state index is 13.6. The first kappa shape index (κ1) is 19.2. The van der Waals surface area contributed by atoms with Crippen molar-refractivity contribution in [3.63, 3.8) is 0 Å². The second-order valence-corrected chi connectivity index (χ2v) is 7.93. The number of nitrogens with zero attached hydrogens (tertiary/aromatic N) is 1. The highest BCUT2D eigenvalue weighted by Gasteiger charge is 2.29. The largest absolute Gasteiger partial charge is 0.295 e. The van der Waals surface area contributed by atoms with Crippen LogP contribution in [-0.2, 0) is 0 Å². The van der Waals surface area contributed by atoms with Gasteiger partial charge in [0.1, 0.15) is 5.82 Å². The molecule has 2 nitrogen and oxygen atoms in total. The third-order valence-electron chi connectivity index (χ3n) is 5.62. The van der Waals surface area contributed by atoms with Crippen LogP contribution in [-0.4, -0.2) is 10.8 Å². The van der Waals surface area contributed by atoms with E-state index in [2.05, 4.69) is 11.8 Å². The lowest BCUT2D eigenvalue weighted by molar-refractivity contribution is 0.101. The van der Waals surface area contributed by atoms with Crippen molar-refractivity contribution in [3.05, 3.63) is 101 Å². The Balaban J connectivity index is 1.76. The summed E-state index contributed by atoms with van der Waals surface area (Å²) in [6.07, 6.45) is 2.20. The predicted octanol–water partition coefficient (Wildman–Crippen LogP) is 6.52. The molecule has 0 radical (unpaired) electrons. The summed E-state index contributed by atoms with van der Waals surface area (Å²) >= 11 is 0. The summed E-state index contributed by atoms with van der Waals surface area (Å²) in [5, 5.41) is 1.00. The van der Waals surface area contributed by atoms with Crippen molar-refractivity contribution in [2.24, 2.45) is 0 Å². The van der Waals surface area contributed by atoms with Crippen LogP contribution in [0.3, 0.4) is 0 Å². The molecule has 31 heavy (non-hydrogen) atoms. The highest BCUT2D eigenvalue weighted by atomic mass is 19.1. The van der Waals surface area contributed by atoms with Gasteiger partial charge in [0, 0.05) is 28.0 Å². The van der Waals surface area contributed by atoms with Gasteiger partial charge in [-0.3, -0.25) is 9.78 Å². The van der Waals surface area contributed by atoms with Gasteiger partial charge in [0.2, 0.25) is 0 Å². The van der Waals surface area contributed by atoms with Gasteiger partial charge < -0.3 is 0 Å². The average molecular weight is 405 g/mol. The first-order valence-corrected chi connectivity index (χ1v) is 10.4. The Morgan fingerprint density at radius 3 is 2.48 bits per heavy atom. The molecule has 0 N–H and O–H groups in total. The van der Waals surface area contributed by atoms with Crippen molar-refractivity contribution in [2.75, 3.05) is 0 Å². The third-order valence-corrected chi connectivity index (χ3v) is 5.62. The van der Waals surface area contributed by atoms with Gasteiger partial charge in [0.15, 0.2) is 5.78 Å². The number of rotatable bonds is 3. The first-order chi connectivity index (χ1) is 15.1. The molecule has 4 aromatic rings. The van der Waals surface area contributed by atoms with E-state index in [4.69, 9.17) is 4.98 Å². The zero-order chi connectivity index (χ0) is 21.4. The number of fused-ring (bicyclic) bond motifs is 1. The molecule has 1 fully saturated rings. The van der Waals surface area contributed by atoms with Crippen molar-refractivity contribution in [1.29, 1.82) is 0 Å². The standard InChI is InChI=1S/C28H20FNO/c1-18(31)22-6-4-5-19(17-22)9-16-25-27(20-12-14-23(29)15-13-20)24-7-2-3-8-26(24)30-28(25)21-10-11-21/h2-8,12-15,17,21H,10-11H2,1H3. The minimum atomic E-state index is -0.266. The Bertz CT molecular complexity index is 1370. The topological polar surface area (TPSA) is 30.0 Å². The zero-order valence-corrected chi connectivity index (χ0v) is 17.2. The molecule has 0 unspecified atom stereocenters.